The van der Waals surface area contributed by atoms with Gasteiger partial charge in [0, 0.05) is 5.41 Å². The third kappa shape index (κ3) is 6.81. The van der Waals surface area contributed by atoms with Gasteiger partial charge >= 0.3 is 6.09 Å². The molecule has 0 aliphatic carbocycles. The van der Waals surface area contributed by atoms with Crippen molar-refractivity contribution >= 4 is 28.5 Å². The molecule has 0 bridgehead atoms. The van der Waals surface area contributed by atoms with E-state index in [-0.39, 0.29) is 11.3 Å². The quantitative estimate of drug-likeness (QED) is 0.717. The highest BCUT2D eigenvalue weighted by Gasteiger charge is 2.26. The van der Waals surface area contributed by atoms with Gasteiger partial charge in [0.25, 0.3) is 0 Å². The first-order chi connectivity index (χ1) is 11.5. The summed E-state index contributed by atoms with van der Waals surface area (Å²) in [4.78, 5) is 24.2. The van der Waals surface area contributed by atoms with Crippen molar-refractivity contribution < 1.29 is 14.3 Å². The number of carbonyl (C=O) groups is 2. The Labute approximate surface area is 153 Å². The van der Waals surface area contributed by atoms with E-state index in [4.69, 9.17) is 4.74 Å². The molecule has 1 rings (SSSR count). The van der Waals surface area contributed by atoms with Gasteiger partial charge in [-0.3, -0.25) is 10.1 Å². The lowest BCUT2D eigenvalue weighted by atomic mass is 9.90. The first-order valence-electron chi connectivity index (χ1n) is 8.23. The van der Waals surface area contributed by atoms with Crippen LogP contribution >= 0.6 is 11.3 Å². The number of nitrogens with zero attached hydrogens (tertiary/aromatic N) is 2. The molecule has 0 aromatic carbocycles. The molecule has 0 radical (unpaired) electrons. The zero-order valence-electron chi connectivity index (χ0n) is 15.8. The first kappa shape index (κ1) is 21.1. The van der Waals surface area contributed by atoms with E-state index in [1.807, 2.05) is 19.9 Å². The lowest BCUT2D eigenvalue weighted by Crippen LogP contribution is -2.45. The number of aromatic nitrogens is 2. The number of hydrogen-bond acceptors (Lipinski definition) is 6. The van der Waals surface area contributed by atoms with Gasteiger partial charge in [-0.25, -0.2) is 4.79 Å². The maximum absolute atomic E-state index is 12.4. The minimum absolute atomic E-state index is 0.193. The van der Waals surface area contributed by atoms with Crippen LogP contribution in [0.1, 0.15) is 59.4 Å². The molecule has 7 nitrogen and oxygen atoms in total. The van der Waals surface area contributed by atoms with Gasteiger partial charge in [-0.05, 0) is 33.6 Å². The molecule has 1 heterocycles. The standard InChI is InChI=1S/C17H28N4O3S/c1-8-10-17(6,7)13-20-21-14(25-13)19-12(22)11(9-2)18-15(23)24-16(3,4)5/h8,11H,1,9-10H2,2-7H3,(H,18,23)(H,19,21,22). The van der Waals surface area contributed by atoms with Crippen molar-refractivity contribution in [1.82, 2.24) is 15.5 Å². The summed E-state index contributed by atoms with van der Waals surface area (Å²) in [6.45, 7) is 14.9. The van der Waals surface area contributed by atoms with Gasteiger partial charge in [0.15, 0.2) is 0 Å². The summed E-state index contributed by atoms with van der Waals surface area (Å²) in [5, 5.41) is 14.7. The van der Waals surface area contributed by atoms with E-state index in [0.717, 1.165) is 11.4 Å². The number of nitrogens with one attached hydrogen (secondary N) is 2. The maximum atomic E-state index is 12.4. The van der Waals surface area contributed by atoms with Crippen LogP contribution in [0.5, 0.6) is 0 Å². The zero-order chi connectivity index (χ0) is 19.3. The van der Waals surface area contributed by atoms with Crippen LogP contribution in [0.2, 0.25) is 0 Å². The lowest BCUT2D eigenvalue weighted by Gasteiger charge is -2.22. The first-order valence-corrected chi connectivity index (χ1v) is 9.05. The molecule has 8 heteroatoms. The Balaban J connectivity index is 2.72. The third-order valence-corrected chi connectivity index (χ3v) is 4.51. The summed E-state index contributed by atoms with van der Waals surface area (Å²) in [5.41, 5.74) is -0.814. The van der Waals surface area contributed by atoms with Crippen LogP contribution < -0.4 is 10.6 Å². The number of anilines is 1. The van der Waals surface area contributed by atoms with Crippen molar-refractivity contribution in [2.45, 2.75) is 71.4 Å². The van der Waals surface area contributed by atoms with Crippen LogP contribution in [0.4, 0.5) is 9.93 Å². The monoisotopic (exact) mass is 368 g/mol. The Morgan fingerprint density at radius 2 is 1.92 bits per heavy atom. The molecular weight excluding hydrogens is 340 g/mol. The van der Waals surface area contributed by atoms with Crippen molar-refractivity contribution in [2.75, 3.05) is 5.32 Å². The van der Waals surface area contributed by atoms with Crippen LogP contribution in [0.3, 0.4) is 0 Å². The Kier molecular flexibility index (Phi) is 7.10. The minimum Gasteiger partial charge on any atom is -0.444 e. The van der Waals surface area contributed by atoms with E-state index in [1.54, 1.807) is 27.7 Å². The van der Waals surface area contributed by atoms with Crippen LogP contribution in [-0.2, 0) is 14.9 Å². The fourth-order valence-corrected chi connectivity index (χ4v) is 2.85. The highest BCUT2D eigenvalue weighted by Crippen LogP contribution is 2.31. The summed E-state index contributed by atoms with van der Waals surface area (Å²) in [7, 11) is 0. The van der Waals surface area contributed by atoms with Crippen LogP contribution in [-0.4, -0.2) is 33.8 Å². The van der Waals surface area contributed by atoms with E-state index < -0.39 is 17.7 Å². The van der Waals surface area contributed by atoms with Gasteiger partial charge < -0.3 is 10.1 Å². The molecule has 25 heavy (non-hydrogen) atoms. The van der Waals surface area contributed by atoms with Crippen molar-refractivity contribution in [1.29, 1.82) is 0 Å². The van der Waals surface area contributed by atoms with Crippen molar-refractivity contribution in [3.8, 4) is 0 Å². The molecule has 2 N–H and O–H groups in total. The molecule has 0 saturated heterocycles. The maximum Gasteiger partial charge on any atom is 0.408 e. The number of alkyl carbamates (subject to hydrolysis) is 1. The Bertz CT molecular complexity index is 620. The zero-order valence-corrected chi connectivity index (χ0v) is 16.6. The van der Waals surface area contributed by atoms with Crippen LogP contribution in [0, 0.1) is 0 Å². The molecular formula is C17H28N4O3S. The van der Waals surface area contributed by atoms with Gasteiger partial charge in [0.2, 0.25) is 11.0 Å². The van der Waals surface area contributed by atoms with Crippen LogP contribution in [0.15, 0.2) is 12.7 Å². The summed E-state index contributed by atoms with van der Waals surface area (Å²) in [6, 6.07) is -0.705. The molecule has 1 unspecified atom stereocenters. The Morgan fingerprint density at radius 1 is 1.28 bits per heavy atom. The van der Waals surface area contributed by atoms with Gasteiger partial charge in [0.1, 0.15) is 16.7 Å². The topological polar surface area (TPSA) is 93.2 Å². The van der Waals surface area contributed by atoms with E-state index in [0.29, 0.717) is 11.6 Å². The second-order valence-electron chi connectivity index (χ2n) is 7.39. The molecule has 2 amide bonds. The summed E-state index contributed by atoms with van der Waals surface area (Å²) in [6.07, 6.45) is 2.39. The third-order valence-electron chi connectivity index (χ3n) is 3.30. The molecule has 1 aromatic heterocycles. The molecule has 140 valence electrons. The molecule has 1 aromatic rings. The van der Waals surface area contributed by atoms with Crippen LogP contribution in [0.25, 0.3) is 0 Å². The van der Waals surface area contributed by atoms with Crippen molar-refractivity contribution in [3.63, 3.8) is 0 Å². The fraction of sp³-hybridized carbons (Fsp3) is 0.647. The number of allylic oxidation sites excluding steroid dienone is 1. The van der Waals surface area contributed by atoms with Gasteiger partial charge in [-0.1, -0.05) is 38.2 Å². The molecule has 0 spiro atoms. The summed E-state index contributed by atoms with van der Waals surface area (Å²) >= 11 is 1.32. The smallest absolute Gasteiger partial charge is 0.408 e. The van der Waals surface area contributed by atoms with E-state index in [9.17, 15) is 9.59 Å². The number of rotatable bonds is 7. The van der Waals surface area contributed by atoms with Gasteiger partial charge in [-0.15, -0.1) is 16.8 Å². The number of amides is 2. The van der Waals surface area contributed by atoms with E-state index >= 15 is 0 Å². The molecule has 0 fully saturated rings. The predicted octanol–water partition coefficient (Wildman–Crippen LogP) is 3.63. The van der Waals surface area contributed by atoms with Gasteiger partial charge in [-0.2, -0.15) is 0 Å². The van der Waals surface area contributed by atoms with Gasteiger partial charge in [0.05, 0.1) is 0 Å². The Hall–Kier alpha value is -1.96. The average Bonchev–Trinajstić information content (AvgIpc) is 2.92. The van der Waals surface area contributed by atoms with Crippen molar-refractivity contribution in [3.05, 3.63) is 17.7 Å². The molecule has 1 atom stereocenters. The predicted molar refractivity (Wildman–Crippen MR) is 99.8 cm³/mol. The highest BCUT2D eigenvalue weighted by atomic mass is 32.1. The lowest BCUT2D eigenvalue weighted by molar-refractivity contribution is -0.118. The fourth-order valence-electron chi connectivity index (χ4n) is 1.99. The normalized spacial score (nSPS) is 13.0. The average molecular weight is 369 g/mol. The van der Waals surface area contributed by atoms with E-state index in [2.05, 4.69) is 27.4 Å². The summed E-state index contributed by atoms with van der Waals surface area (Å²) in [5.74, 6) is -0.349. The molecule has 0 aliphatic heterocycles. The molecule has 0 saturated carbocycles. The number of hydrogen-bond donors (Lipinski definition) is 2. The van der Waals surface area contributed by atoms with E-state index in [1.165, 1.54) is 11.3 Å². The largest absolute Gasteiger partial charge is 0.444 e. The van der Waals surface area contributed by atoms with Crippen molar-refractivity contribution in [2.24, 2.45) is 0 Å². The number of ether oxygens (including phenoxy) is 1. The Morgan fingerprint density at radius 3 is 2.44 bits per heavy atom. The molecule has 0 aliphatic rings. The SMILES string of the molecule is C=CCC(C)(C)c1nnc(NC(=O)C(CC)NC(=O)OC(C)(C)C)s1. The second-order valence-corrected chi connectivity index (χ2v) is 8.36. The highest BCUT2D eigenvalue weighted by molar-refractivity contribution is 7.15. The number of carbonyl (C=O) groups excluding carboxylic acids is 2. The minimum atomic E-state index is -0.705. The summed E-state index contributed by atoms with van der Waals surface area (Å²) < 4.78 is 5.18. The second kappa shape index (κ2) is 8.42.